The van der Waals surface area contributed by atoms with Gasteiger partial charge in [0.2, 0.25) is 0 Å². The molecule has 0 radical (unpaired) electrons. The maximum atomic E-state index is 12.2. The fourth-order valence-corrected chi connectivity index (χ4v) is 2.27. The molecule has 0 spiro atoms. The van der Waals surface area contributed by atoms with Gasteiger partial charge >= 0.3 is 5.97 Å². The van der Waals surface area contributed by atoms with Crippen molar-refractivity contribution in [3.8, 4) is 0 Å². The van der Waals surface area contributed by atoms with Crippen LogP contribution in [0.4, 0.5) is 5.69 Å². The summed E-state index contributed by atoms with van der Waals surface area (Å²) >= 11 is 5.79. The third-order valence-corrected chi connectivity index (χ3v) is 3.27. The Labute approximate surface area is 127 Å². The van der Waals surface area contributed by atoms with E-state index in [0.717, 1.165) is 11.1 Å². The molecule has 0 fully saturated rings. The molecule has 2 rings (SSSR count). The van der Waals surface area contributed by atoms with Crippen molar-refractivity contribution in [3.05, 3.63) is 63.7 Å². The molecule has 2 aromatic rings. The first kappa shape index (κ1) is 15.1. The number of rotatable bonds is 3. The highest BCUT2D eigenvalue weighted by atomic mass is 35.5. The van der Waals surface area contributed by atoms with Crippen LogP contribution in [-0.4, -0.2) is 17.0 Å². The Balaban J connectivity index is 2.27. The van der Waals surface area contributed by atoms with Gasteiger partial charge in [0, 0.05) is 11.3 Å². The van der Waals surface area contributed by atoms with E-state index in [0.29, 0.717) is 11.3 Å². The monoisotopic (exact) mass is 303 g/mol. The summed E-state index contributed by atoms with van der Waals surface area (Å²) in [7, 11) is 0. The van der Waals surface area contributed by atoms with Crippen molar-refractivity contribution in [3.63, 3.8) is 0 Å². The predicted octanol–water partition coefficient (Wildman–Crippen LogP) is 3.91. The topological polar surface area (TPSA) is 66.4 Å². The molecule has 0 saturated heterocycles. The Morgan fingerprint density at radius 1 is 1.05 bits per heavy atom. The Morgan fingerprint density at radius 3 is 2.24 bits per heavy atom. The highest BCUT2D eigenvalue weighted by Gasteiger charge is 2.12. The van der Waals surface area contributed by atoms with Gasteiger partial charge in [-0.15, -0.1) is 0 Å². The molecule has 0 saturated carbocycles. The van der Waals surface area contributed by atoms with Crippen LogP contribution in [0.25, 0.3) is 0 Å². The molecular formula is C16H14ClNO3. The van der Waals surface area contributed by atoms with E-state index in [1.165, 1.54) is 12.1 Å². The Hall–Kier alpha value is -2.33. The summed E-state index contributed by atoms with van der Waals surface area (Å²) in [6.45, 7) is 3.82. The first-order chi connectivity index (χ1) is 9.86. The van der Waals surface area contributed by atoms with Gasteiger partial charge in [0.25, 0.3) is 5.91 Å². The van der Waals surface area contributed by atoms with Crippen LogP contribution in [0.3, 0.4) is 0 Å². The number of benzene rings is 2. The quantitative estimate of drug-likeness (QED) is 0.903. The van der Waals surface area contributed by atoms with Crippen LogP contribution in [0.2, 0.25) is 5.02 Å². The minimum absolute atomic E-state index is 0.0464. The lowest BCUT2D eigenvalue weighted by Crippen LogP contribution is -2.13. The number of hydrogen-bond donors (Lipinski definition) is 2. The summed E-state index contributed by atoms with van der Waals surface area (Å²) in [4.78, 5) is 23.2. The third kappa shape index (κ3) is 3.61. The first-order valence-electron chi connectivity index (χ1n) is 6.29. The molecular weight excluding hydrogens is 290 g/mol. The van der Waals surface area contributed by atoms with Gasteiger partial charge < -0.3 is 10.4 Å². The van der Waals surface area contributed by atoms with Gasteiger partial charge in [0.05, 0.1) is 10.6 Å². The molecule has 0 atom stereocenters. The van der Waals surface area contributed by atoms with Crippen LogP contribution in [0.5, 0.6) is 0 Å². The zero-order chi connectivity index (χ0) is 15.6. The van der Waals surface area contributed by atoms with Crippen LogP contribution in [0.1, 0.15) is 31.8 Å². The second-order valence-electron chi connectivity index (χ2n) is 4.83. The van der Waals surface area contributed by atoms with Gasteiger partial charge in [-0.25, -0.2) is 4.79 Å². The number of carbonyl (C=O) groups is 2. The van der Waals surface area contributed by atoms with Crippen molar-refractivity contribution in [2.75, 3.05) is 5.32 Å². The number of aryl methyl sites for hydroxylation is 2. The number of carboxylic acid groups (broad SMARTS) is 1. The van der Waals surface area contributed by atoms with Gasteiger partial charge in [-0.2, -0.15) is 0 Å². The molecule has 1 amide bonds. The molecule has 21 heavy (non-hydrogen) atoms. The lowest BCUT2D eigenvalue weighted by molar-refractivity contribution is 0.0696. The maximum absolute atomic E-state index is 12.2. The van der Waals surface area contributed by atoms with E-state index in [-0.39, 0.29) is 16.5 Å². The number of aromatic carboxylic acids is 1. The molecule has 0 aliphatic carbocycles. The number of carbonyl (C=O) groups excluding carboxylic acids is 1. The highest BCUT2D eigenvalue weighted by molar-refractivity contribution is 6.33. The van der Waals surface area contributed by atoms with E-state index in [1.54, 1.807) is 18.2 Å². The summed E-state index contributed by atoms with van der Waals surface area (Å²) in [5.74, 6) is -1.43. The molecule has 5 heteroatoms. The predicted molar refractivity (Wildman–Crippen MR) is 82.3 cm³/mol. The fraction of sp³-hybridized carbons (Fsp3) is 0.125. The molecule has 0 bridgehead atoms. The van der Waals surface area contributed by atoms with Crippen LogP contribution in [0, 0.1) is 13.8 Å². The average molecular weight is 304 g/mol. The van der Waals surface area contributed by atoms with Crippen molar-refractivity contribution in [2.24, 2.45) is 0 Å². The van der Waals surface area contributed by atoms with E-state index in [4.69, 9.17) is 16.7 Å². The molecule has 0 aliphatic rings. The largest absolute Gasteiger partial charge is 0.478 e. The lowest BCUT2D eigenvalue weighted by atomic mass is 10.1. The zero-order valence-corrected chi connectivity index (χ0v) is 12.4. The molecule has 4 nitrogen and oxygen atoms in total. The molecule has 2 N–H and O–H groups in total. The Morgan fingerprint density at radius 2 is 1.67 bits per heavy atom. The van der Waals surface area contributed by atoms with E-state index in [1.807, 2.05) is 19.9 Å². The van der Waals surface area contributed by atoms with E-state index in [9.17, 15) is 9.59 Å². The second kappa shape index (κ2) is 5.97. The Bertz CT molecular complexity index is 705. The van der Waals surface area contributed by atoms with E-state index < -0.39 is 5.97 Å². The van der Waals surface area contributed by atoms with Crippen LogP contribution < -0.4 is 5.32 Å². The fourth-order valence-electron chi connectivity index (χ4n) is 2.08. The number of halogens is 1. The van der Waals surface area contributed by atoms with Gasteiger partial charge in [-0.05, 0) is 44.2 Å². The third-order valence-electron chi connectivity index (χ3n) is 2.94. The van der Waals surface area contributed by atoms with Crippen molar-refractivity contribution in [2.45, 2.75) is 13.8 Å². The van der Waals surface area contributed by atoms with Crippen molar-refractivity contribution in [1.82, 2.24) is 0 Å². The van der Waals surface area contributed by atoms with Crippen molar-refractivity contribution in [1.29, 1.82) is 0 Å². The van der Waals surface area contributed by atoms with Gasteiger partial charge in [0.15, 0.2) is 0 Å². The van der Waals surface area contributed by atoms with Crippen LogP contribution in [0.15, 0.2) is 36.4 Å². The summed E-state index contributed by atoms with van der Waals surface area (Å²) in [6.07, 6.45) is 0. The normalized spacial score (nSPS) is 10.2. The molecule has 0 aliphatic heterocycles. The average Bonchev–Trinajstić information content (AvgIpc) is 2.39. The summed E-state index contributed by atoms with van der Waals surface area (Å²) in [5.41, 5.74) is 2.85. The summed E-state index contributed by atoms with van der Waals surface area (Å²) < 4.78 is 0. The Kier molecular flexibility index (Phi) is 4.29. The van der Waals surface area contributed by atoms with Gasteiger partial charge in [0.1, 0.15) is 0 Å². The number of nitrogens with one attached hydrogen (secondary N) is 1. The van der Waals surface area contributed by atoms with Crippen LogP contribution >= 0.6 is 11.6 Å². The van der Waals surface area contributed by atoms with E-state index in [2.05, 4.69) is 5.32 Å². The van der Waals surface area contributed by atoms with E-state index >= 15 is 0 Å². The number of hydrogen-bond acceptors (Lipinski definition) is 2. The summed E-state index contributed by atoms with van der Waals surface area (Å²) in [6, 6.07) is 9.87. The highest BCUT2D eigenvalue weighted by Crippen LogP contribution is 2.21. The van der Waals surface area contributed by atoms with Crippen molar-refractivity contribution < 1.29 is 14.7 Å². The second-order valence-corrected chi connectivity index (χ2v) is 5.24. The maximum Gasteiger partial charge on any atom is 0.337 e. The number of carboxylic acids is 1. The van der Waals surface area contributed by atoms with Gasteiger partial charge in [-0.3, -0.25) is 4.79 Å². The molecule has 0 aromatic heterocycles. The first-order valence-corrected chi connectivity index (χ1v) is 6.67. The summed E-state index contributed by atoms with van der Waals surface area (Å²) in [5, 5.41) is 11.8. The molecule has 108 valence electrons. The molecule has 2 aromatic carbocycles. The molecule has 0 heterocycles. The SMILES string of the molecule is Cc1cc(C)cc(C(=O)Nc2ccc(Cl)c(C(=O)O)c2)c1. The minimum Gasteiger partial charge on any atom is -0.478 e. The van der Waals surface area contributed by atoms with Crippen LogP contribution in [-0.2, 0) is 0 Å². The molecule has 0 unspecified atom stereocenters. The minimum atomic E-state index is -1.14. The number of amides is 1. The smallest absolute Gasteiger partial charge is 0.337 e. The zero-order valence-electron chi connectivity index (χ0n) is 11.6. The van der Waals surface area contributed by atoms with Crippen molar-refractivity contribution >= 4 is 29.2 Å². The standard InChI is InChI=1S/C16H14ClNO3/c1-9-5-10(2)7-11(6-9)15(19)18-12-3-4-14(17)13(8-12)16(20)21/h3-8H,1-2H3,(H,18,19)(H,20,21). The lowest BCUT2D eigenvalue weighted by Gasteiger charge is -2.08. The number of anilines is 1. The van der Waals surface area contributed by atoms with Gasteiger partial charge in [-0.1, -0.05) is 28.8 Å².